The molecule has 0 aromatic heterocycles. The predicted octanol–water partition coefficient (Wildman–Crippen LogP) is 5.02. The van der Waals surface area contributed by atoms with Crippen LogP contribution in [0.2, 0.25) is 0 Å². The zero-order valence-corrected chi connectivity index (χ0v) is 26.4. The van der Waals surface area contributed by atoms with Crippen molar-refractivity contribution >= 4 is 40.6 Å². The number of Topliss-reactive ketones (excluding diaryl/α,β-unsaturated/α-hetero) is 1. The molecule has 1 atom stereocenters. The third-order valence-electron chi connectivity index (χ3n) is 8.03. The minimum atomic E-state index is -1.16. The Morgan fingerprint density at radius 3 is 2.20 bits per heavy atom. The van der Waals surface area contributed by atoms with Crippen LogP contribution in [0.1, 0.15) is 33.1 Å². The van der Waals surface area contributed by atoms with Gasteiger partial charge in [0.1, 0.15) is 12.6 Å². The van der Waals surface area contributed by atoms with E-state index >= 15 is 0 Å². The molecule has 0 saturated heterocycles. The van der Waals surface area contributed by atoms with E-state index in [9.17, 15) is 19.2 Å². The third kappa shape index (κ3) is 6.41. The van der Waals surface area contributed by atoms with E-state index in [2.05, 4.69) is 5.32 Å². The molecule has 236 valence electrons. The SMILES string of the molecule is COc1ccc(C(C(=O)Nc2ccc(N(C)C)cc2)N(Cc2ccccc2C)C(=O)CN2C(=O)C(=O)c3ccccc32)cc1OC. The van der Waals surface area contributed by atoms with Gasteiger partial charge in [0.25, 0.3) is 17.6 Å². The molecule has 5 rings (SSSR count). The number of benzene rings is 4. The lowest BCUT2D eigenvalue weighted by atomic mass is 10.0. The molecule has 0 fully saturated rings. The number of carbonyl (C=O) groups excluding carboxylic acids is 4. The number of para-hydroxylation sites is 1. The molecule has 10 nitrogen and oxygen atoms in total. The summed E-state index contributed by atoms with van der Waals surface area (Å²) in [5.74, 6) is -1.64. The molecule has 1 unspecified atom stereocenters. The molecule has 1 heterocycles. The first-order valence-electron chi connectivity index (χ1n) is 14.7. The lowest BCUT2D eigenvalue weighted by Crippen LogP contribution is -2.46. The minimum Gasteiger partial charge on any atom is -0.493 e. The van der Waals surface area contributed by atoms with E-state index in [1.54, 1.807) is 54.6 Å². The van der Waals surface area contributed by atoms with E-state index < -0.39 is 36.1 Å². The van der Waals surface area contributed by atoms with Crippen LogP contribution in [0.3, 0.4) is 0 Å². The fourth-order valence-electron chi connectivity index (χ4n) is 5.48. The van der Waals surface area contributed by atoms with Crippen LogP contribution in [0.4, 0.5) is 17.1 Å². The molecule has 1 aliphatic rings. The number of hydrogen-bond acceptors (Lipinski definition) is 7. The van der Waals surface area contributed by atoms with Crippen molar-refractivity contribution in [3.8, 4) is 11.5 Å². The third-order valence-corrected chi connectivity index (χ3v) is 8.03. The Balaban J connectivity index is 1.59. The summed E-state index contributed by atoms with van der Waals surface area (Å²) in [5, 5.41) is 2.98. The van der Waals surface area contributed by atoms with Crippen LogP contribution in [0.25, 0.3) is 0 Å². The number of methoxy groups -OCH3 is 2. The Bertz CT molecular complexity index is 1790. The van der Waals surface area contributed by atoms with Gasteiger partial charge in [0, 0.05) is 32.0 Å². The summed E-state index contributed by atoms with van der Waals surface area (Å²) in [4.78, 5) is 59.1. The van der Waals surface area contributed by atoms with Gasteiger partial charge in [-0.3, -0.25) is 24.1 Å². The Hall–Kier alpha value is -5.64. The molecule has 4 aromatic carbocycles. The molecule has 46 heavy (non-hydrogen) atoms. The van der Waals surface area contributed by atoms with Gasteiger partial charge in [-0.25, -0.2) is 0 Å². The number of ether oxygens (including phenoxy) is 2. The van der Waals surface area contributed by atoms with Crippen LogP contribution < -0.4 is 24.6 Å². The second-order valence-corrected chi connectivity index (χ2v) is 11.1. The molecule has 1 aliphatic heterocycles. The molecule has 3 amide bonds. The second-order valence-electron chi connectivity index (χ2n) is 11.1. The van der Waals surface area contributed by atoms with Gasteiger partial charge in [0.2, 0.25) is 5.91 Å². The fourth-order valence-corrected chi connectivity index (χ4v) is 5.48. The van der Waals surface area contributed by atoms with Gasteiger partial charge in [0.05, 0.1) is 25.5 Å². The number of carbonyl (C=O) groups is 4. The lowest BCUT2D eigenvalue weighted by Gasteiger charge is -2.33. The summed E-state index contributed by atoms with van der Waals surface area (Å²) in [6.45, 7) is 1.53. The quantitative estimate of drug-likeness (QED) is 0.235. The molecule has 4 aromatic rings. The minimum absolute atomic E-state index is 0.0507. The van der Waals surface area contributed by atoms with Gasteiger partial charge in [-0.1, -0.05) is 42.5 Å². The topological polar surface area (TPSA) is 108 Å². The maximum Gasteiger partial charge on any atom is 0.299 e. The van der Waals surface area contributed by atoms with Crippen molar-refractivity contribution in [2.45, 2.75) is 19.5 Å². The standard InChI is InChI=1S/C36H36N4O6/c1-23-10-6-7-11-25(23)21-40(32(41)22-39-29-13-9-8-12-28(29)34(42)36(39)44)33(24-14-19-30(45-4)31(20-24)46-5)35(43)37-26-15-17-27(18-16-26)38(2)3/h6-20,33H,21-22H2,1-5H3,(H,37,43). The highest BCUT2D eigenvalue weighted by Gasteiger charge is 2.39. The maximum atomic E-state index is 14.4. The van der Waals surface area contributed by atoms with Crippen molar-refractivity contribution in [2.75, 3.05) is 50.0 Å². The maximum absolute atomic E-state index is 14.4. The summed E-state index contributed by atoms with van der Waals surface area (Å²) in [6.07, 6.45) is 0. The van der Waals surface area contributed by atoms with Gasteiger partial charge in [0.15, 0.2) is 11.5 Å². The largest absolute Gasteiger partial charge is 0.493 e. The van der Waals surface area contributed by atoms with Gasteiger partial charge < -0.3 is 24.6 Å². The average Bonchev–Trinajstić information content (AvgIpc) is 3.30. The van der Waals surface area contributed by atoms with Crippen LogP contribution in [0.15, 0.2) is 91.0 Å². The monoisotopic (exact) mass is 620 g/mol. The highest BCUT2D eigenvalue weighted by Crippen LogP contribution is 2.35. The first-order valence-corrected chi connectivity index (χ1v) is 14.7. The van der Waals surface area contributed by atoms with E-state index in [1.165, 1.54) is 24.0 Å². The van der Waals surface area contributed by atoms with Crippen molar-refractivity contribution in [3.63, 3.8) is 0 Å². The molecular formula is C36H36N4O6. The number of nitrogens with zero attached hydrogens (tertiary/aromatic N) is 3. The van der Waals surface area contributed by atoms with Crippen molar-refractivity contribution in [2.24, 2.45) is 0 Å². The molecule has 0 saturated carbocycles. The van der Waals surface area contributed by atoms with Crippen molar-refractivity contribution in [1.82, 2.24) is 4.90 Å². The van der Waals surface area contributed by atoms with Gasteiger partial charge >= 0.3 is 0 Å². The normalized spacial score (nSPS) is 12.8. The zero-order chi connectivity index (χ0) is 33.0. The predicted molar refractivity (Wildman–Crippen MR) is 177 cm³/mol. The number of hydrogen-bond donors (Lipinski definition) is 1. The first kappa shape index (κ1) is 31.8. The number of fused-ring (bicyclic) bond motifs is 1. The molecule has 10 heteroatoms. The van der Waals surface area contributed by atoms with Crippen LogP contribution in [0, 0.1) is 6.92 Å². The van der Waals surface area contributed by atoms with Crippen LogP contribution in [-0.4, -0.2) is 63.3 Å². The fraction of sp³-hybridized carbons (Fsp3) is 0.222. The van der Waals surface area contributed by atoms with Crippen molar-refractivity contribution < 1.29 is 28.7 Å². The van der Waals surface area contributed by atoms with E-state index in [0.717, 1.165) is 16.8 Å². The molecule has 0 spiro atoms. The number of anilines is 3. The van der Waals surface area contributed by atoms with E-state index in [0.29, 0.717) is 28.4 Å². The number of amides is 3. The molecule has 1 N–H and O–H groups in total. The summed E-state index contributed by atoms with van der Waals surface area (Å²) in [6, 6.07) is 25.4. The van der Waals surface area contributed by atoms with Crippen molar-refractivity contribution in [1.29, 1.82) is 0 Å². The smallest absolute Gasteiger partial charge is 0.299 e. The van der Waals surface area contributed by atoms with Crippen LogP contribution in [-0.2, 0) is 20.9 Å². The molecule has 0 bridgehead atoms. The highest BCUT2D eigenvalue weighted by atomic mass is 16.5. The molecule has 0 radical (unpaired) electrons. The second kappa shape index (κ2) is 13.6. The number of ketones is 1. The molecule has 0 aliphatic carbocycles. The van der Waals surface area contributed by atoms with Crippen molar-refractivity contribution in [3.05, 3.63) is 113 Å². The Morgan fingerprint density at radius 2 is 1.52 bits per heavy atom. The Kier molecular flexibility index (Phi) is 9.37. The van der Waals surface area contributed by atoms with E-state index in [1.807, 2.05) is 62.3 Å². The van der Waals surface area contributed by atoms with Gasteiger partial charge in [-0.2, -0.15) is 0 Å². The van der Waals surface area contributed by atoms with E-state index in [4.69, 9.17) is 9.47 Å². The highest BCUT2D eigenvalue weighted by molar-refractivity contribution is 6.52. The number of aryl methyl sites for hydroxylation is 1. The molecular weight excluding hydrogens is 584 g/mol. The van der Waals surface area contributed by atoms with Crippen LogP contribution in [0.5, 0.6) is 11.5 Å². The number of nitrogens with one attached hydrogen (secondary N) is 1. The summed E-state index contributed by atoms with van der Waals surface area (Å²) < 4.78 is 11.0. The summed E-state index contributed by atoms with van der Waals surface area (Å²) >= 11 is 0. The first-order chi connectivity index (χ1) is 22.1. The summed E-state index contributed by atoms with van der Waals surface area (Å²) in [7, 11) is 6.85. The van der Waals surface area contributed by atoms with Crippen LogP contribution >= 0.6 is 0 Å². The van der Waals surface area contributed by atoms with E-state index in [-0.39, 0.29) is 12.1 Å². The average molecular weight is 621 g/mol. The van der Waals surface area contributed by atoms with Gasteiger partial charge in [-0.05, 0) is 72.1 Å². The number of rotatable bonds is 11. The van der Waals surface area contributed by atoms with Gasteiger partial charge in [-0.15, -0.1) is 0 Å². The summed E-state index contributed by atoms with van der Waals surface area (Å²) in [5.41, 5.74) is 4.29. The lowest BCUT2D eigenvalue weighted by molar-refractivity contribution is -0.139. The Labute approximate surface area is 268 Å². The zero-order valence-electron chi connectivity index (χ0n) is 26.4. The Morgan fingerprint density at radius 1 is 0.848 bits per heavy atom.